The van der Waals surface area contributed by atoms with E-state index in [2.05, 4.69) is 10.4 Å². The Kier molecular flexibility index (Phi) is 9.36. The van der Waals surface area contributed by atoms with Gasteiger partial charge in [0.05, 0.1) is 16.3 Å². The molecule has 3 aromatic carbocycles. The Morgan fingerprint density at radius 3 is 2.37 bits per heavy atom. The molecule has 0 aliphatic carbocycles. The van der Waals surface area contributed by atoms with E-state index < -0.39 is 16.6 Å². The lowest BCUT2D eigenvalue weighted by Crippen LogP contribution is -2.38. The van der Waals surface area contributed by atoms with Crippen molar-refractivity contribution in [3.05, 3.63) is 113 Å². The van der Waals surface area contributed by atoms with Crippen LogP contribution in [0.2, 0.25) is 0 Å². The van der Waals surface area contributed by atoms with E-state index in [0.29, 0.717) is 41.6 Å². The molecule has 0 saturated heterocycles. The molecule has 0 fully saturated rings. The summed E-state index contributed by atoms with van der Waals surface area (Å²) in [6, 6.07) is 22.8. The molecule has 2 amide bonds. The van der Waals surface area contributed by atoms with E-state index in [-0.39, 0.29) is 18.1 Å². The molecule has 10 heteroatoms. The quantitative estimate of drug-likeness (QED) is 0.136. The summed E-state index contributed by atoms with van der Waals surface area (Å²) in [4.78, 5) is 38.2. The second kappa shape index (κ2) is 13.3. The predicted octanol–water partition coefficient (Wildman–Crippen LogP) is 6.11. The van der Waals surface area contributed by atoms with Gasteiger partial charge in [-0.25, -0.2) is 9.07 Å². The molecule has 4 aromatic rings. The fourth-order valence-corrected chi connectivity index (χ4v) is 4.02. The first-order valence-electron chi connectivity index (χ1n) is 13.1. The lowest BCUT2D eigenvalue weighted by molar-refractivity contribution is -0.384. The maximum atomic E-state index is 13.6. The molecule has 4 rings (SSSR count). The van der Waals surface area contributed by atoms with Crippen molar-refractivity contribution in [1.29, 1.82) is 0 Å². The minimum absolute atomic E-state index is 0.0426. The Morgan fingerprint density at radius 2 is 1.73 bits per heavy atom. The molecule has 9 nitrogen and oxygen atoms in total. The number of hydrogen-bond acceptors (Lipinski definition) is 5. The molecule has 210 valence electrons. The number of hydrogen-bond donors (Lipinski definition) is 1. The van der Waals surface area contributed by atoms with E-state index in [9.17, 15) is 24.1 Å². The molecule has 0 atom stereocenters. The van der Waals surface area contributed by atoms with Crippen LogP contribution in [0.1, 0.15) is 25.8 Å². The monoisotopic (exact) mass is 555 g/mol. The summed E-state index contributed by atoms with van der Waals surface area (Å²) >= 11 is 0. The zero-order valence-corrected chi connectivity index (χ0v) is 22.7. The Labute approximate surface area is 237 Å². The van der Waals surface area contributed by atoms with Crippen LogP contribution in [0.4, 0.5) is 15.9 Å². The third-order valence-electron chi connectivity index (χ3n) is 6.26. The number of amides is 2. The topological polar surface area (TPSA) is 110 Å². The molecule has 0 bridgehead atoms. The summed E-state index contributed by atoms with van der Waals surface area (Å²) in [7, 11) is 0. The van der Waals surface area contributed by atoms with Crippen molar-refractivity contribution in [2.24, 2.45) is 5.92 Å². The first-order chi connectivity index (χ1) is 19.7. The number of non-ortho nitro benzene ring substituents is 1. The number of nitro groups is 1. The first-order valence-corrected chi connectivity index (χ1v) is 13.1. The van der Waals surface area contributed by atoms with Gasteiger partial charge in [-0.3, -0.25) is 19.7 Å². The zero-order chi connectivity index (χ0) is 29.4. The van der Waals surface area contributed by atoms with Crippen molar-refractivity contribution < 1.29 is 18.9 Å². The smallest absolute Gasteiger partial charge is 0.269 e. The van der Waals surface area contributed by atoms with E-state index in [4.69, 9.17) is 0 Å². The van der Waals surface area contributed by atoms with Crippen LogP contribution in [0.3, 0.4) is 0 Å². The Morgan fingerprint density at radius 1 is 1.05 bits per heavy atom. The lowest BCUT2D eigenvalue weighted by atomic mass is 10.1. The normalized spacial score (nSPS) is 11.1. The van der Waals surface area contributed by atoms with Gasteiger partial charge < -0.3 is 10.2 Å². The van der Waals surface area contributed by atoms with Crippen LogP contribution in [0.25, 0.3) is 23.0 Å². The number of nitrogens with one attached hydrogen (secondary N) is 1. The minimum atomic E-state index is -0.490. The van der Waals surface area contributed by atoms with Crippen molar-refractivity contribution in [2.75, 3.05) is 18.4 Å². The van der Waals surface area contributed by atoms with Crippen LogP contribution in [-0.2, 0) is 9.59 Å². The summed E-state index contributed by atoms with van der Waals surface area (Å²) < 4.78 is 15.1. The van der Waals surface area contributed by atoms with E-state index in [1.54, 1.807) is 36.4 Å². The first kappa shape index (κ1) is 28.9. The van der Waals surface area contributed by atoms with E-state index in [0.717, 1.165) is 5.56 Å². The average molecular weight is 556 g/mol. The van der Waals surface area contributed by atoms with Crippen molar-refractivity contribution in [3.63, 3.8) is 0 Å². The Hall–Kier alpha value is -5.12. The van der Waals surface area contributed by atoms with Gasteiger partial charge in [-0.15, -0.1) is 0 Å². The molecular formula is C31H30FN5O4. The highest BCUT2D eigenvalue weighted by molar-refractivity contribution is 5.98. The lowest BCUT2D eigenvalue weighted by Gasteiger charge is -2.22. The van der Waals surface area contributed by atoms with Crippen molar-refractivity contribution >= 4 is 29.4 Å². The average Bonchev–Trinajstić information content (AvgIpc) is 3.38. The third kappa shape index (κ3) is 7.95. The zero-order valence-electron chi connectivity index (χ0n) is 22.7. The van der Waals surface area contributed by atoms with Gasteiger partial charge in [0.2, 0.25) is 11.8 Å². The van der Waals surface area contributed by atoms with E-state index in [1.165, 1.54) is 39.9 Å². The highest BCUT2D eigenvalue weighted by atomic mass is 19.1. The molecule has 0 aliphatic rings. The van der Waals surface area contributed by atoms with Gasteiger partial charge in [-0.1, -0.05) is 44.2 Å². The molecule has 0 spiro atoms. The number of halogens is 1. The van der Waals surface area contributed by atoms with Crippen LogP contribution in [0.5, 0.6) is 0 Å². The molecule has 0 radical (unpaired) electrons. The summed E-state index contributed by atoms with van der Waals surface area (Å²) in [5.74, 6) is -0.501. The fraction of sp³-hybridized carbons (Fsp3) is 0.194. The second-order valence-corrected chi connectivity index (χ2v) is 9.84. The van der Waals surface area contributed by atoms with Crippen LogP contribution in [0, 0.1) is 21.8 Å². The van der Waals surface area contributed by atoms with Gasteiger partial charge in [0.15, 0.2) is 0 Å². The van der Waals surface area contributed by atoms with Gasteiger partial charge in [-0.05, 0) is 60.4 Å². The van der Waals surface area contributed by atoms with Crippen LogP contribution < -0.4 is 5.32 Å². The SMILES string of the molecule is CC(C)CCN(CC(=O)Nc1cc(-c2ccccc2)nn1-c1ccc(F)cc1)C(=O)C=Cc1ccc([N+](=O)[O-])cc1. The number of aromatic nitrogens is 2. The van der Waals surface area contributed by atoms with Gasteiger partial charge in [0.1, 0.15) is 18.2 Å². The third-order valence-corrected chi connectivity index (χ3v) is 6.26. The molecule has 0 unspecified atom stereocenters. The van der Waals surface area contributed by atoms with Gasteiger partial charge in [-0.2, -0.15) is 5.10 Å². The molecular weight excluding hydrogens is 525 g/mol. The van der Waals surface area contributed by atoms with Crippen molar-refractivity contribution in [1.82, 2.24) is 14.7 Å². The molecule has 1 aromatic heterocycles. The molecule has 41 heavy (non-hydrogen) atoms. The Bertz CT molecular complexity index is 1530. The maximum absolute atomic E-state index is 13.6. The predicted molar refractivity (Wildman–Crippen MR) is 156 cm³/mol. The van der Waals surface area contributed by atoms with Crippen LogP contribution >= 0.6 is 0 Å². The van der Waals surface area contributed by atoms with Gasteiger partial charge >= 0.3 is 0 Å². The van der Waals surface area contributed by atoms with Gasteiger partial charge in [0, 0.05) is 36.4 Å². The fourth-order valence-electron chi connectivity index (χ4n) is 4.02. The molecule has 0 aliphatic heterocycles. The van der Waals surface area contributed by atoms with Crippen LogP contribution in [0.15, 0.2) is 91.0 Å². The number of carbonyl (C=O) groups is 2. The molecule has 1 N–H and O–H groups in total. The maximum Gasteiger partial charge on any atom is 0.269 e. The van der Waals surface area contributed by atoms with Crippen molar-refractivity contribution in [3.8, 4) is 16.9 Å². The summed E-state index contributed by atoms with van der Waals surface area (Å²) in [5.41, 5.74) is 2.59. The van der Waals surface area contributed by atoms with E-state index >= 15 is 0 Å². The highest BCUT2D eigenvalue weighted by Crippen LogP contribution is 2.25. The number of carbonyl (C=O) groups excluding carboxylic acids is 2. The van der Waals surface area contributed by atoms with Gasteiger partial charge in [0.25, 0.3) is 5.69 Å². The van der Waals surface area contributed by atoms with E-state index in [1.807, 2.05) is 44.2 Å². The minimum Gasteiger partial charge on any atom is -0.330 e. The summed E-state index contributed by atoms with van der Waals surface area (Å²) in [5, 5.41) is 18.4. The number of nitro benzene ring substituents is 1. The molecule has 0 saturated carbocycles. The number of anilines is 1. The highest BCUT2D eigenvalue weighted by Gasteiger charge is 2.19. The standard InChI is InChI=1S/C31H30FN5O4/c1-22(2)18-19-35(31(39)17-10-23-8-13-27(14-9-23)37(40)41)21-30(38)33-29-20-28(24-6-4-3-5-7-24)34-36(29)26-15-11-25(32)12-16-26/h3-17,20,22H,18-19,21H2,1-2H3,(H,33,38). The number of rotatable bonds is 11. The Balaban J connectivity index is 1.54. The second-order valence-electron chi connectivity index (χ2n) is 9.84. The molecule has 1 heterocycles. The summed E-state index contributed by atoms with van der Waals surface area (Å²) in [6.07, 6.45) is 3.60. The van der Waals surface area contributed by atoms with Crippen molar-refractivity contribution in [2.45, 2.75) is 20.3 Å². The number of nitrogens with zero attached hydrogens (tertiary/aromatic N) is 4. The van der Waals surface area contributed by atoms with Crippen LogP contribution in [-0.4, -0.2) is 44.5 Å². The number of benzene rings is 3. The largest absolute Gasteiger partial charge is 0.330 e. The summed E-state index contributed by atoms with van der Waals surface area (Å²) in [6.45, 7) is 4.22.